The number of carbonyl (C=O) groups is 2. The van der Waals surface area contributed by atoms with Gasteiger partial charge in [-0.2, -0.15) is 0 Å². The van der Waals surface area contributed by atoms with Crippen molar-refractivity contribution in [1.29, 1.82) is 0 Å². The summed E-state index contributed by atoms with van der Waals surface area (Å²) >= 11 is 3.41. The Labute approximate surface area is 187 Å². The molecule has 0 radical (unpaired) electrons. The monoisotopic (exact) mass is 471 g/mol. The topological polar surface area (TPSA) is 47.8 Å². The number of rotatable bonds is 4. The lowest BCUT2D eigenvalue weighted by Gasteiger charge is -2.10. The van der Waals surface area contributed by atoms with Crippen molar-refractivity contribution in [3.05, 3.63) is 100 Å². The Balaban J connectivity index is 1.85. The average Bonchev–Trinajstić information content (AvgIpc) is 3.19. The quantitative estimate of drug-likeness (QED) is 0.172. The van der Waals surface area contributed by atoms with Gasteiger partial charge in [-0.1, -0.05) is 52.3 Å². The second kappa shape index (κ2) is 7.67. The van der Waals surface area contributed by atoms with Crippen LogP contribution < -0.4 is 0 Å². The van der Waals surface area contributed by atoms with Crippen LogP contribution in [-0.2, 0) is 4.74 Å². The smallest absolute Gasteiger partial charge is 0.340 e. The first-order chi connectivity index (χ1) is 15.1. The molecule has 0 atom stereocenters. The number of carbonyl (C=O) groups excluding carboxylic acids is 2. The van der Waals surface area contributed by atoms with E-state index in [-0.39, 0.29) is 12.4 Å². The van der Waals surface area contributed by atoms with Gasteiger partial charge in [0.15, 0.2) is 0 Å². The number of ketones is 1. The van der Waals surface area contributed by atoms with Crippen molar-refractivity contribution < 1.29 is 14.3 Å². The molecular weight excluding hydrogens is 454 g/mol. The van der Waals surface area contributed by atoms with Crippen LogP contribution in [0.5, 0.6) is 0 Å². The molecule has 5 rings (SSSR count). The second-order valence-electron chi connectivity index (χ2n) is 7.27. The molecular formula is C26H18BrNO3. The lowest BCUT2D eigenvalue weighted by atomic mass is 10.0. The highest BCUT2D eigenvalue weighted by molar-refractivity contribution is 9.10. The summed E-state index contributed by atoms with van der Waals surface area (Å²) in [7, 11) is 0. The summed E-state index contributed by atoms with van der Waals surface area (Å²) in [4.78, 5) is 26.2. The van der Waals surface area contributed by atoms with E-state index >= 15 is 0 Å². The maximum absolute atomic E-state index is 13.5. The minimum Gasteiger partial charge on any atom is -0.462 e. The number of hydrogen-bond acceptors (Lipinski definition) is 3. The molecule has 0 spiro atoms. The highest BCUT2D eigenvalue weighted by Crippen LogP contribution is 2.31. The van der Waals surface area contributed by atoms with E-state index in [1.807, 2.05) is 52.9 Å². The van der Waals surface area contributed by atoms with E-state index in [0.29, 0.717) is 22.3 Å². The van der Waals surface area contributed by atoms with Crippen molar-refractivity contribution in [3.63, 3.8) is 0 Å². The molecule has 2 heterocycles. The molecule has 4 nitrogen and oxygen atoms in total. The molecule has 3 aromatic carbocycles. The number of fused-ring (bicyclic) bond motifs is 5. The van der Waals surface area contributed by atoms with Gasteiger partial charge in [0, 0.05) is 15.4 Å². The third-order valence-corrected chi connectivity index (χ3v) is 6.00. The van der Waals surface area contributed by atoms with Gasteiger partial charge in [0.05, 0.1) is 28.9 Å². The largest absolute Gasteiger partial charge is 0.462 e. The van der Waals surface area contributed by atoms with Gasteiger partial charge in [0.2, 0.25) is 5.78 Å². The van der Waals surface area contributed by atoms with E-state index in [0.717, 1.165) is 26.1 Å². The van der Waals surface area contributed by atoms with Crippen molar-refractivity contribution in [1.82, 2.24) is 4.40 Å². The molecule has 0 unspecified atom stereocenters. The van der Waals surface area contributed by atoms with Gasteiger partial charge in [-0.3, -0.25) is 4.79 Å². The van der Waals surface area contributed by atoms with E-state index in [2.05, 4.69) is 28.1 Å². The average molecular weight is 472 g/mol. The minimum atomic E-state index is -0.435. The van der Waals surface area contributed by atoms with Crippen LogP contribution in [0.25, 0.3) is 27.2 Å². The molecule has 0 fully saturated rings. The molecule has 0 amide bonds. The Hall–Kier alpha value is -3.44. The highest BCUT2D eigenvalue weighted by atomic mass is 79.9. The fourth-order valence-corrected chi connectivity index (χ4v) is 4.32. The molecule has 2 aromatic heterocycles. The molecule has 5 aromatic rings. The molecule has 0 saturated carbocycles. The van der Waals surface area contributed by atoms with Crippen LogP contribution in [0.15, 0.2) is 83.3 Å². The zero-order valence-corrected chi connectivity index (χ0v) is 18.3. The van der Waals surface area contributed by atoms with Gasteiger partial charge < -0.3 is 9.14 Å². The Morgan fingerprint density at radius 2 is 1.61 bits per heavy atom. The fraction of sp³-hybridized carbons (Fsp3) is 0.0769. The first kappa shape index (κ1) is 19.5. The predicted molar refractivity (Wildman–Crippen MR) is 126 cm³/mol. The maximum atomic E-state index is 13.5. The fourth-order valence-electron chi connectivity index (χ4n) is 4.05. The van der Waals surface area contributed by atoms with E-state index in [4.69, 9.17) is 4.74 Å². The third kappa shape index (κ3) is 3.22. The molecule has 0 aliphatic rings. The lowest BCUT2D eigenvalue weighted by Crippen LogP contribution is -2.05. The highest BCUT2D eigenvalue weighted by Gasteiger charge is 2.23. The first-order valence-corrected chi connectivity index (χ1v) is 10.8. The lowest BCUT2D eigenvalue weighted by molar-refractivity contribution is 0.0529. The van der Waals surface area contributed by atoms with Crippen LogP contribution in [0.2, 0.25) is 0 Å². The minimum absolute atomic E-state index is 0.154. The van der Waals surface area contributed by atoms with Crippen molar-refractivity contribution in [2.24, 2.45) is 0 Å². The number of halogens is 1. The van der Waals surface area contributed by atoms with Crippen LogP contribution >= 0.6 is 15.9 Å². The zero-order valence-electron chi connectivity index (χ0n) is 16.8. The maximum Gasteiger partial charge on any atom is 0.340 e. The Bertz CT molecular complexity index is 1480. The van der Waals surface area contributed by atoms with Gasteiger partial charge in [-0.25, -0.2) is 4.79 Å². The van der Waals surface area contributed by atoms with Crippen LogP contribution in [0.3, 0.4) is 0 Å². The zero-order chi connectivity index (χ0) is 21.5. The Morgan fingerprint density at radius 1 is 0.871 bits per heavy atom. The number of esters is 1. The molecule has 5 heteroatoms. The van der Waals surface area contributed by atoms with E-state index in [1.165, 1.54) is 0 Å². The molecule has 0 aliphatic carbocycles. The third-order valence-electron chi connectivity index (χ3n) is 5.47. The van der Waals surface area contributed by atoms with Gasteiger partial charge >= 0.3 is 5.97 Å². The SMILES string of the molecule is CCOC(=O)c1cc(C(=O)c2ccc(Br)cc2)n2c1ccc1c3ccccc3ccc12. The molecule has 0 bridgehead atoms. The normalized spacial score (nSPS) is 11.3. The number of benzene rings is 3. The summed E-state index contributed by atoms with van der Waals surface area (Å²) in [5.41, 5.74) is 2.89. The standard InChI is InChI=1S/C26H18BrNO3/c1-2-31-26(30)21-15-24(25(29)17-7-10-18(27)11-8-17)28-22-13-9-16-5-3-4-6-19(16)20(22)12-14-23(21)28/h3-15H,2H2,1H3. The molecule has 0 N–H and O–H groups in total. The van der Waals surface area contributed by atoms with E-state index in [1.54, 1.807) is 25.1 Å². The number of pyridine rings is 1. The van der Waals surface area contributed by atoms with Crippen LogP contribution in [0.1, 0.15) is 33.3 Å². The predicted octanol–water partition coefficient (Wildman–Crippen LogP) is 6.42. The van der Waals surface area contributed by atoms with Crippen molar-refractivity contribution in [3.8, 4) is 0 Å². The van der Waals surface area contributed by atoms with Crippen LogP contribution in [-0.4, -0.2) is 22.8 Å². The van der Waals surface area contributed by atoms with Gasteiger partial charge in [0.1, 0.15) is 0 Å². The van der Waals surface area contributed by atoms with Crippen molar-refractivity contribution in [2.45, 2.75) is 6.92 Å². The second-order valence-corrected chi connectivity index (χ2v) is 8.19. The molecule has 0 saturated heterocycles. The van der Waals surface area contributed by atoms with Crippen LogP contribution in [0, 0.1) is 0 Å². The van der Waals surface area contributed by atoms with Crippen LogP contribution in [0.4, 0.5) is 0 Å². The summed E-state index contributed by atoms with van der Waals surface area (Å²) in [6, 6.07) is 24.9. The Morgan fingerprint density at radius 3 is 2.39 bits per heavy atom. The van der Waals surface area contributed by atoms with Crippen molar-refractivity contribution >= 4 is 54.9 Å². The van der Waals surface area contributed by atoms with E-state index in [9.17, 15) is 9.59 Å². The van der Waals surface area contributed by atoms with E-state index < -0.39 is 5.97 Å². The first-order valence-electron chi connectivity index (χ1n) is 10.0. The molecule has 152 valence electrons. The van der Waals surface area contributed by atoms with Gasteiger partial charge in [0.25, 0.3) is 0 Å². The van der Waals surface area contributed by atoms with Gasteiger partial charge in [-0.05, 0) is 60.2 Å². The van der Waals surface area contributed by atoms with Crippen molar-refractivity contribution in [2.75, 3.05) is 6.61 Å². The van der Waals surface area contributed by atoms with Gasteiger partial charge in [-0.15, -0.1) is 0 Å². The summed E-state index contributed by atoms with van der Waals surface area (Å²) in [6.45, 7) is 2.04. The summed E-state index contributed by atoms with van der Waals surface area (Å²) in [5, 5.41) is 3.23. The number of ether oxygens (including phenoxy) is 1. The number of aromatic nitrogens is 1. The Kier molecular flexibility index (Phi) is 4.83. The number of nitrogens with zero attached hydrogens (tertiary/aromatic N) is 1. The summed E-state index contributed by atoms with van der Waals surface area (Å²) < 4.78 is 8.03. The molecule has 0 aliphatic heterocycles. The summed E-state index contributed by atoms with van der Waals surface area (Å²) in [5.74, 6) is -0.589. The summed E-state index contributed by atoms with van der Waals surface area (Å²) in [6.07, 6.45) is 0. The number of hydrogen-bond donors (Lipinski definition) is 0. The molecule has 31 heavy (non-hydrogen) atoms.